The topological polar surface area (TPSA) is 55.8 Å². The van der Waals surface area contributed by atoms with Crippen LogP contribution in [0.5, 0.6) is 11.5 Å². The lowest BCUT2D eigenvalue weighted by Crippen LogP contribution is -2.06. The molecule has 4 nitrogen and oxygen atoms in total. The van der Waals surface area contributed by atoms with E-state index in [0.29, 0.717) is 17.1 Å². The molecule has 0 saturated carbocycles. The van der Waals surface area contributed by atoms with E-state index in [-0.39, 0.29) is 5.56 Å². The van der Waals surface area contributed by atoms with Crippen LogP contribution >= 0.6 is 0 Å². The molecule has 0 aliphatic heterocycles. The maximum Gasteiger partial charge on any atom is 0.339 e. The Labute approximate surface area is 88.4 Å². The highest BCUT2D eigenvalue weighted by Crippen LogP contribution is 2.33. The molecule has 0 fully saturated rings. The fourth-order valence-electron chi connectivity index (χ4n) is 1.67. The van der Waals surface area contributed by atoms with Gasteiger partial charge in [0.15, 0.2) is 0 Å². The van der Waals surface area contributed by atoms with E-state index < -0.39 is 5.97 Å². The second-order valence-electron chi connectivity index (χ2n) is 3.23. The zero-order chi connectivity index (χ0) is 11.6. The molecule has 15 heavy (non-hydrogen) atoms. The molecule has 1 rings (SSSR count). The fourth-order valence-corrected chi connectivity index (χ4v) is 1.67. The van der Waals surface area contributed by atoms with E-state index in [2.05, 4.69) is 0 Å². The minimum atomic E-state index is -1.01. The maximum absolute atomic E-state index is 11.0. The first-order chi connectivity index (χ1) is 7.02. The van der Waals surface area contributed by atoms with Crippen molar-refractivity contribution in [3.8, 4) is 11.5 Å². The standard InChI is InChI=1S/C11H14O4/c1-6-5-8(14-3)9(11(12)13)7(2)10(6)15-4/h5H,1-4H3,(H,12,13). The van der Waals surface area contributed by atoms with Crippen molar-refractivity contribution in [1.29, 1.82) is 0 Å². The molecule has 0 heterocycles. The zero-order valence-corrected chi connectivity index (χ0v) is 9.25. The van der Waals surface area contributed by atoms with Crippen LogP contribution in [0.15, 0.2) is 6.07 Å². The molecule has 1 aromatic carbocycles. The normalized spacial score (nSPS) is 9.87. The van der Waals surface area contributed by atoms with Gasteiger partial charge in [0, 0.05) is 5.56 Å². The van der Waals surface area contributed by atoms with E-state index in [1.807, 2.05) is 6.92 Å². The summed E-state index contributed by atoms with van der Waals surface area (Å²) >= 11 is 0. The molecule has 0 aliphatic carbocycles. The third-order valence-electron chi connectivity index (χ3n) is 2.31. The minimum Gasteiger partial charge on any atom is -0.496 e. The zero-order valence-electron chi connectivity index (χ0n) is 9.25. The number of carbonyl (C=O) groups is 1. The molecule has 1 N–H and O–H groups in total. The first kappa shape index (κ1) is 11.4. The van der Waals surface area contributed by atoms with Gasteiger partial charge in [0.25, 0.3) is 0 Å². The van der Waals surface area contributed by atoms with Crippen LogP contribution in [0.3, 0.4) is 0 Å². The molecule has 0 radical (unpaired) electrons. The van der Waals surface area contributed by atoms with Gasteiger partial charge in [-0.25, -0.2) is 4.79 Å². The Bertz CT molecular complexity index is 396. The lowest BCUT2D eigenvalue weighted by Gasteiger charge is -2.14. The molecule has 0 aliphatic rings. The summed E-state index contributed by atoms with van der Waals surface area (Å²) in [6.45, 7) is 3.55. The number of hydrogen-bond acceptors (Lipinski definition) is 3. The average molecular weight is 210 g/mol. The minimum absolute atomic E-state index is 0.153. The van der Waals surface area contributed by atoms with Crippen molar-refractivity contribution < 1.29 is 19.4 Å². The van der Waals surface area contributed by atoms with Crippen LogP contribution in [-0.2, 0) is 0 Å². The second-order valence-corrected chi connectivity index (χ2v) is 3.23. The van der Waals surface area contributed by atoms with Gasteiger partial charge in [-0.3, -0.25) is 0 Å². The fraction of sp³-hybridized carbons (Fsp3) is 0.364. The van der Waals surface area contributed by atoms with Gasteiger partial charge in [-0.2, -0.15) is 0 Å². The number of carboxylic acids is 1. The quantitative estimate of drug-likeness (QED) is 0.829. The first-order valence-electron chi connectivity index (χ1n) is 4.48. The van der Waals surface area contributed by atoms with E-state index in [0.717, 1.165) is 5.56 Å². The van der Waals surface area contributed by atoms with E-state index in [1.54, 1.807) is 13.0 Å². The predicted molar refractivity (Wildman–Crippen MR) is 56.0 cm³/mol. The van der Waals surface area contributed by atoms with Gasteiger partial charge >= 0.3 is 5.97 Å². The summed E-state index contributed by atoms with van der Waals surface area (Å²) in [6, 6.07) is 1.66. The second kappa shape index (κ2) is 4.21. The van der Waals surface area contributed by atoms with Gasteiger partial charge in [0.05, 0.1) is 14.2 Å². The van der Waals surface area contributed by atoms with Crippen molar-refractivity contribution in [2.24, 2.45) is 0 Å². The molecule has 0 amide bonds. The summed E-state index contributed by atoms with van der Waals surface area (Å²) in [6.07, 6.45) is 0. The number of rotatable bonds is 3. The third-order valence-corrected chi connectivity index (χ3v) is 2.31. The monoisotopic (exact) mass is 210 g/mol. The SMILES string of the molecule is COc1cc(C)c(OC)c(C)c1C(=O)O. The van der Waals surface area contributed by atoms with Gasteiger partial charge < -0.3 is 14.6 Å². The largest absolute Gasteiger partial charge is 0.496 e. The van der Waals surface area contributed by atoms with Crippen LogP contribution in [0.4, 0.5) is 0 Å². The van der Waals surface area contributed by atoms with Crippen molar-refractivity contribution in [2.75, 3.05) is 14.2 Å². The molecule has 0 atom stereocenters. The number of ether oxygens (including phenoxy) is 2. The van der Waals surface area contributed by atoms with Crippen LogP contribution < -0.4 is 9.47 Å². The van der Waals surface area contributed by atoms with Crippen molar-refractivity contribution in [1.82, 2.24) is 0 Å². The highest BCUT2D eigenvalue weighted by Gasteiger charge is 2.19. The van der Waals surface area contributed by atoms with E-state index >= 15 is 0 Å². The summed E-state index contributed by atoms with van der Waals surface area (Å²) in [7, 11) is 2.97. The smallest absolute Gasteiger partial charge is 0.339 e. The highest BCUT2D eigenvalue weighted by atomic mass is 16.5. The van der Waals surface area contributed by atoms with Crippen molar-refractivity contribution in [3.05, 3.63) is 22.8 Å². The Balaban J connectivity index is 3.53. The summed E-state index contributed by atoms with van der Waals surface area (Å²) in [5, 5.41) is 9.05. The lowest BCUT2D eigenvalue weighted by molar-refractivity contribution is 0.0692. The Morgan fingerprint density at radius 3 is 2.27 bits per heavy atom. The van der Waals surface area contributed by atoms with Crippen LogP contribution in [0, 0.1) is 13.8 Å². The van der Waals surface area contributed by atoms with Crippen molar-refractivity contribution >= 4 is 5.97 Å². The molecule has 0 spiro atoms. The molecule has 4 heteroatoms. The summed E-state index contributed by atoms with van der Waals surface area (Å²) in [5.41, 5.74) is 1.60. The Kier molecular flexibility index (Phi) is 3.19. The molecule has 0 unspecified atom stereocenters. The summed E-state index contributed by atoms with van der Waals surface area (Å²) < 4.78 is 10.2. The van der Waals surface area contributed by atoms with Gasteiger partial charge in [-0.05, 0) is 25.5 Å². The Morgan fingerprint density at radius 1 is 1.27 bits per heavy atom. The molecule has 0 bridgehead atoms. The summed E-state index contributed by atoms with van der Waals surface area (Å²) in [5.74, 6) is -0.0610. The maximum atomic E-state index is 11.0. The average Bonchev–Trinajstić information content (AvgIpc) is 2.16. The molecule has 82 valence electrons. The lowest BCUT2D eigenvalue weighted by atomic mass is 10.0. The van der Waals surface area contributed by atoms with Crippen LogP contribution in [-0.4, -0.2) is 25.3 Å². The van der Waals surface area contributed by atoms with E-state index in [9.17, 15) is 4.79 Å². The number of carboxylic acid groups (broad SMARTS) is 1. The molecular weight excluding hydrogens is 196 g/mol. The van der Waals surface area contributed by atoms with Crippen LogP contribution in [0.25, 0.3) is 0 Å². The Hall–Kier alpha value is -1.71. The van der Waals surface area contributed by atoms with E-state index in [4.69, 9.17) is 14.6 Å². The predicted octanol–water partition coefficient (Wildman–Crippen LogP) is 2.02. The summed E-state index contributed by atoms with van der Waals surface area (Å²) in [4.78, 5) is 11.0. The van der Waals surface area contributed by atoms with Crippen LogP contribution in [0.1, 0.15) is 21.5 Å². The Morgan fingerprint density at radius 2 is 1.87 bits per heavy atom. The first-order valence-corrected chi connectivity index (χ1v) is 4.48. The van der Waals surface area contributed by atoms with Crippen molar-refractivity contribution in [3.63, 3.8) is 0 Å². The molecular formula is C11H14O4. The number of aromatic carboxylic acids is 1. The molecule has 0 aromatic heterocycles. The molecule has 1 aromatic rings. The van der Waals surface area contributed by atoms with Gasteiger partial charge in [-0.1, -0.05) is 0 Å². The number of benzene rings is 1. The van der Waals surface area contributed by atoms with Gasteiger partial charge in [0.1, 0.15) is 17.1 Å². The highest BCUT2D eigenvalue weighted by molar-refractivity contribution is 5.93. The number of methoxy groups -OCH3 is 2. The van der Waals surface area contributed by atoms with Crippen LogP contribution in [0.2, 0.25) is 0 Å². The number of aryl methyl sites for hydroxylation is 1. The number of hydrogen-bond donors (Lipinski definition) is 1. The van der Waals surface area contributed by atoms with Gasteiger partial charge in [0.2, 0.25) is 0 Å². The van der Waals surface area contributed by atoms with Gasteiger partial charge in [-0.15, -0.1) is 0 Å². The molecule has 0 saturated heterocycles. The van der Waals surface area contributed by atoms with Crippen molar-refractivity contribution in [2.45, 2.75) is 13.8 Å². The third kappa shape index (κ3) is 1.88. The van der Waals surface area contributed by atoms with E-state index in [1.165, 1.54) is 14.2 Å².